The summed E-state index contributed by atoms with van der Waals surface area (Å²) in [6, 6.07) is 20.3. The fourth-order valence-electron chi connectivity index (χ4n) is 4.43. The topological polar surface area (TPSA) is 69.2 Å². The maximum atomic E-state index is 5.64. The SMILES string of the molecule is COc1ccccc1-c1cc(CSc2nnc([C@@H](C)N3CCCCC3)n2-c2ccccc2)on1. The average Bonchev–Trinajstić information content (AvgIpc) is 3.55. The molecule has 1 aliphatic rings. The molecule has 2 aromatic heterocycles. The number of aromatic nitrogens is 4. The van der Waals surface area contributed by atoms with Gasteiger partial charge in [-0.25, -0.2) is 0 Å². The Morgan fingerprint density at radius 3 is 2.56 bits per heavy atom. The molecule has 0 spiro atoms. The van der Waals surface area contributed by atoms with E-state index in [0.29, 0.717) is 5.75 Å². The highest BCUT2D eigenvalue weighted by atomic mass is 32.2. The number of para-hydroxylation sites is 2. The fraction of sp³-hybridized carbons (Fsp3) is 0.346. The zero-order chi connectivity index (χ0) is 23.3. The van der Waals surface area contributed by atoms with Crippen LogP contribution in [0.2, 0.25) is 0 Å². The Labute approximate surface area is 204 Å². The Balaban J connectivity index is 1.39. The van der Waals surface area contributed by atoms with E-state index in [0.717, 1.165) is 52.5 Å². The van der Waals surface area contributed by atoms with Gasteiger partial charge < -0.3 is 9.26 Å². The summed E-state index contributed by atoms with van der Waals surface area (Å²) in [6.45, 7) is 4.45. The zero-order valence-electron chi connectivity index (χ0n) is 19.6. The summed E-state index contributed by atoms with van der Waals surface area (Å²) in [4.78, 5) is 2.51. The lowest BCUT2D eigenvalue weighted by atomic mass is 10.1. The molecule has 1 fully saturated rings. The van der Waals surface area contributed by atoms with E-state index < -0.39 is 0 Å². The van der Waals surface area contributed by atoms with Crippen molar-refractivity contribution in [3.63, 3.8) is 0 Å². The minimum Gasteiger partial charge on any atom is -0.496 e. The summed E-state index contributed by atoms with van der Waals surface area (Å²) in [6.07, 6.45) is 3.79. The quantitative estimate of drug-likeness (QED) is 0.300. The second-order valence-electron chi connectivity index (χ2n) is 8.45. The molecule has 0 N–H and O–H groups in total. The van der Waals surface area contributed by atoms with E-state index in [2.05, 4.69) is 56.0 Å². The first-order valence-electron chi connectivity index (χ1n) is 11.7. The largest absolute Gasteiger partial charge is 0.496 e. The molecule has 0 aliphatic carbocycles. The second kappa shape index (κ2) is 10.4. The monoisotopic (exact) mass is 475 g/mol. The van der Waals surface area contributed by atoms with Crippen molar-refractivity contribution in [2.45, 2.75) is 43.1 Å². The molecule has 0 saturated carbocycles. The van der Waals surface area contributed by atoms with Crippen LogP contribution in [0.5, 0.6) is 5.75 Å². The highest BCUT2D eigenvalue weighted by Crippen LogP contribution is 2.33. The lowest BCUT2D eigenvalue weighted by molar-refractivity contribution is 0.167. The van der Waals surface area contributed by atoms with E-state index in [1.165, 1.54) is 19.3 Å². The van der Waals surface area contributed by atoms with Gasteiger partial charge in [0.25, 0.3) is 0 Å². The van der Waals surface area contributed by atoms with Gasteiger partial charge in [-0.1, -0.05) is 53.7 Å². The molecule has 0 amide bonds. The van der Waals surface area contributed by atoms with Gasteiger partial charge in [-0.15, -0.1) is 10.2 Å². The molecule has 0 radical (unpaired) electrons. The van der Waals surface area contributed by atoms with Gasteiger partial charge in [0.2, 0.25) is 0 Å². The Kier molecular flexibility index (Phi) is 6.97. The van der Waals surface area contributed by atoms with Crippen LogP contribution in [0.3, 0.4) is 0 Å². The van der Waals surface area contributed by atoms with Crippen molar-refractivity contribution in [3.05, 3.63) is 72.2 Å². The zero-order valence-corrected chi connectivity index (χ0v) is 20.4. The third-order valence-electron chi connectivity index (χ3n) is 6.27. The minimum atomic E-state index is 0.199. The number of methoxy groups -OCH3 is 1. The van der Waals surface area contributed by atoms with Crippen LogP contribution in [0, 0.1) is 0 Å². The summed E-state index contributed by atoms with van der Waals surface area (Å²) in [5.74, 6) is 3.13. The van der Waals surface area contributed by atoms with Crippen LogP contribution < -0.4 is 4.74 Å². The predicted octanol–water partition coefficient (Wildman–Crippen LogP) is 5.77. The highest BCUT2D eigenvalue weighted by Gasteiger charge is 2.25. The van der Waals surface area contributed by atoms with E-state index in [1.807, 2.05) is 36.4 Å². The van der Waals surface area contributed by atoms with Crippen LogP contribution in [0.1, 0.15) is 43.8 Å². The molecular formula is C26H29N5O2S. The predicted molar refractivity (Wildman–Crippen MR) is 133 cm³/mol. The fourth-order valence-corrected chi connectivity index (χ4v) is 5.27. The van der Waals surface area contributed by atoms with E-state index in [4.69, 9.17) is 9.26 Å². The van der Waals surface area contributed by atoms with Gasteiger partial charge in [0, 0.05) is 17.3 Å². The Morgan fingerprint density at radius 1 is 1.00 bits per heavy atom. The van der Waals surface area contributed by atoms with Gasteiger partial charge in [0.05, 0.1) is 18.9 Å². The average molecular weight is 476 g/mol. The van der Waals surface area contributed by atoms with Crippen molar-refractivity contribution in [2.24, 2.45) is 0 Å². The Bertz CT molecular complexity index is 1220. The number of nitrogens with zero attached hydrogens (tertiary/aromatic N) is 5. The molecule has 5 rings (SSSR count). The molecule has 1 atom stereocenters. The van der Waals surface area contributed by atoms with Crippen molar-refractivity contribution in [1.29, 1.82) is 0 Å². The van der Waals surface area contributed by atoms with Crippen molar-refractivity contribution < 1.29 is 9.26 Å². The summed E-state index contributed by atoms with van der Waals surface area (Å²) in [5.41, 5.74) is 2.74. The molecule has 4 aromatic rings. The number of hydrogen-bond acceptors (Lipinski definition) is 7. The van der Waals surface area contributed by atoms with Gasteiger partial charge in [0.15, 0.2) is 11.0 Å². The Hall–Kier alpha value is -3.10. The van der Waals surface area contributed by atoms with Crippen LogP contribution in [-0.2, 0) is 5.75 Å². The molecule has 7 nitrogen and oxygen atoms in total. The van der Waals surface area contributed by atoms with Gasteiger partial charge in [-0.2, -0.15) is 0 Å². The van der Waals surface area contributed by atoms with Crippen molar-refractivity contribution in [2.75, 3.05) is 20.2 Å². The maximum Gasteiger partial charge on any atom is 0.196 e. The van der Waals surface area contributed by atoms with Crippen LogP contribution in [0.4, 0.5) is 0 Å². The molecule has 1 aliphatic heterocycles. The highest BCUT2D eigenvalue weighted by molar-refractivity contribution is 7.98. The van der Waals surface area contributed by atoms with E-state index in [1.54, 1.807) is 18.9 Å². The normalized spacial score (nSPS) is 15.4. The van der Waals surface area contributed by atoms with Crippen molar-refractivity contribution in [3.8, 4) is 22.7 Å². The van der Waals surface area contributed by atoms with Gasteiger partial charge in [0.1, 0.15) is 17.2 Å². The molecule has 0 bridgehead atoms. The van der Waals surface area contributed by atoms with E-state index in [9.17, 15) is 0 Å². The van der Waals surface area contributed by atoms with Crippen molar-refractivity contribution in [1.82, 2.24) is 24.8 Å². The molecule has 0 unspecified atom stereocenters. The van der Waals surface area contributed by atoms with Crippen LogP contribution in [0.15, 0.2) is 70.3 Å². The standard InChI is InChI=1S/C26H29N5O2S/c1-19(30-15-9-4-10-16-30)25-27-28-26(31(25)20-11-5-3-6-12-20)34-18-21-17-23(29-33-21)22-13-7-8-14-24(22)32-2/h3,5-8,11-14,17,19H,4,9-10,15-16,18H2,1-2H3/t19-/m1/s1. The third-order valence-corrected chi connectivity index (χ3v) is 7.22. The first-order chi connectivity index (χ1) is 16.7. The number of hydrogen-bond donors (Lipinski definition) is 0. The molecule has 8 heteroatoms. The third kappa shape index (κ3) is 4.74. The number of piperidine rings is 1. The van der Waals surface area contributed by atoms with Gasteiger partial charge in [-0.3, -0.25) is 9.47 Å². The summed E-state index contributed by atoms with van der Waals surface area (Å²) in [7, 11) is 1.66. The molecule has 176 valence electrons. The number of rotatable bonds is 8. The molecule has 34 heavy (non-hydrogen) atoms. The van der Waals surface area contributed by atoms with Crippen molar-refractivity contribution >= 4 is 11.8 Å². The lowest BCUT2D eigenvalue weighted by Crippen LogP contribution is -2.33. The number of benzene rings is 2. The molecule has 3 heterocycles. The van der Waals surface area contributed by atoms with Gasteiger partial charge >= 0.3 is 0 Å². The summed E-state index contributed by atoms with van der Waals surface area (Å²) in [5, 5.41) is 14.3. The minimum absolute atomic E-state index is 0.199. The first kappa shape index (κ1) is 22.7. The van der Waals surface area contributed by atoms with Crippen LogP contribution in [-0.4, -0.2) is 45.0 Å². The molecule has 1 saturated heterocycles. The maximum absolute atomic E-state index is 5.64. The van der Waals surface area contributed by atoms with E-state index >= 15 is 0 Å². The van der Waals surface area contributed by atoms with Gasteiger partial charge in [-0.05, 0) is 57.1 Å². The summed E-state index contributed by atoms with van der Waals surface area (Å²) >= 11 is 1.60. The van der Waals surface area contributed by atoms with E-state index in [-0.39, 0.29) is 6.04 Å². The summed E-state index contributed by atoms with van der Waals surface area (Å²) < 4.78 is 13.3. The number of ether oxygens (including phenoxy) is 1. The number of thioether (sulfide) groups is 1. The lowest BCUT2D eigenvalue weighted by Gasteiger charge is -2.31. The second-order valence-corrected chi connectivity index (χ2v) is 9.39. The molecular weight excluding hydrogens is 446 g/mol. The smallest absolute Gasteiger partial charge is 0.196 e. The molecule has 2 aromatic carbocycles. The number of likely N-dealkylation sites (tertiary alicyclic amines) is 1. The Morgan fingerprint density at radius 2 is 1.76 bits per heavy atom. The van der Waals surface area contributed by atoms with Crippen LogP contribution >= 0.6 is 11.8 Å². The first-order valence-corrected chi connectivity index (χ1v) is 12.7. The van der Waals surface area contributed by atoms with Crippen LogP contribution in [0.25, 0.3) is 16.9 Å².